The Hall–Kier alpha value is -1.79. The molecule has 2 aromatic carbocycles. The second-order valence-corrected chi connectivity index (χ2v) is 8.05. The molecule has 6 heteroatoms. The number of anilines is 1. The van der Waals surface area contributed by atoms with Gasteiger partial charge in [-0.05, 0) is 43.2 Å². The molecule has 1 fully saturated rings. The van der Waals surface area contributed by atoms with Crippen molar-refractivity contribution < 1.29 is 9.29 Å². The summed E-state index contributed by atoms with van der Waals surface area (Å²) in [6.45, 7) is 7.09. The van der Waals surface area contributed by atoms with Crippen molar-refractivity contribution in [3.63, 3.8) is 0 Å². The number of benzene rings is 2. The van der Waals surface area contributed by atoms with Crippen molar-refractivity contribution in [3.05, 3.63) is 59.8 Å². The Morgan fingerprint density at radius 3 is 2.52 bits per heavy atom. The van der Waals surface area contributed by atoms with Crippen LogP contribution in [0.1, 0.15) is 11.1 Å². The Labute approximate surface area is 169 Å². The molecule has 0 amide bonds. The standard InChI is InChI=1S/C21H22N2O2S.ClH/c1-15-7-8-17(13-16(15)2)26(24)20-14-22-19-6-4-3-5-18(19)21(20)23-9-11-25-12-10-23;/h3-8,13-14H,9-12H2,1-2H3;1H. The van der Waals surface area contributed by atoms with Crippen LogP contribution in [0.3, 0.4) is 0 Å². The lowest BCUT2D eigenvalue weighted by molar-refractivity contribution is 0.122. The zero-order valence-electron chi connectivity index (χ0n) is 15.5. The summed E-state index contributed by atoms with van der Waals surface area (Å²) in [5, 5.41) is 1.05. The van der Waals surface area contributed by atoms with Crippen molar-refractivity contribution in [2.45, 2.75) is 23.6 Å². The van der Waals surface area contributed by atoms with Crippen LogP contribution < -0.4 is 4.90 Å². The van der Waals surface area contributed by atoms with E-state index in [4.69, 9.17) is 4.74 Å². The van der Waals surface area contributed by atoms with E-state index < -0.39 is 11.2 Å². The Bertz CT molecular complexity index is 945. The number of para-hydroxylation sites is 1. The Morgan fingerprint density at radius 1 is 1.04 bits per heavy atom. The minimum atomic E-state index is -1.28. The van der Waals surface area contributed by atoms with Crippen LogP contribution in [-0.2, 0) is 15.9 Å². The minimum Gasteiger partial charge on any atom is -0.606 e. The van der Waals surface area contributed by atoms with Crippen molar-refractivity contribution in [2.75, 3.05) is 31.2 Å². The predicted molar refractivity (Wildman–Crippen MR) is 113 cm³/mol. The van der Waals surface area contributed by atoms with Gasteiger partial charge in [0, 0.05) is 29.7 Å². The fraction of sp³-hybridized carbons (Fsp3) is 0.286. The molecule has 0 aliphatic carbocycles. The number of ether oxygens (including phenoxy) is 1. The predicted octanol–water partition coefficient (Wildman–Crippen LogP) is 4.28. The number of rotatable bonds is 3. The van der Waals surface area contributed by atoms with Crippen molar-refractivity contribution in [1.82, 2.24) is 4.98 Å². The Balaban J connectivity index is 0.00000210. The van der Waals surface area contributed by atoms with Crippen LogP contribution in [0.4, 0.5) is 5.69 Å². The fourth-order valence-electron chi connectivity index (χ4n) is 3.31. The molecular weight excluding hydrogens is 380 g/mol. The first-order valence-electron chi connectivity index (χ1n) is 8.84. The first-order valence-corrected chi connectivity index (χ1v) is 9.99. The van der Waals surface area contributed by atoms with E-state index in [9.17, 15) is 4.55 Å². The van der Waals surface area contributed by atoms with Crippen LogP contribution in [0.25, 0.3) is 10.9 Å². The summed E-state index contributed by atoms with van der Waals surface area (Å²) >= 11 is -1.28. The third-order valence-corrected chi connectivity index (χ3v) is 6.31. The molecule has 1 aliphatic heterocycles. The molecule has 0 saturated carbocycles. The highest BCUT2D eigenvalue weighted by atomic mass is 35.5. The van der Waals surface area contributed by atoms with Gasteiger partial charge < -0.3 is 14.2 Å². The Kier molecular flexibility index (Phi) is 6.27. The SMILES string of the molecule is Cc1ccc([S+]([O-])c2cnc3ccccc3c2N2CCOCC2)cc1C.Cl. The highest BCUT2D eigenvalue weighted by Crippen LogP contribution is 2.36. The van der Waals surface area contributed by atoms with Gasteiger partial charge in [-0.2, -0.15) is 0 Å². The number of pyridine rings is 1. The number of morpholine rings is 1. The zero-order chi connectivity index (χ0) is 18.1. The largest absolute Gasteiger partial charge is 0.606 e. The molecule has 0 bridgehead atoms. The Morgan fingerprint density at radius 2 is 1.78 bits per heavy atom. The van der Waals surface area contributed by atoms with E-state index in [-0.39, 0.29) is 12.4 Å². The molecule has 1 unspecified atom stereocenters. The monoisotopic (exact) mass is 402 g/mol. The van der Waals surface area contributed by atoms with Crippen molar-refractivity contribution in [1.29, 1.82) is 0 Å². The number of hydrogen-bond acceptors (Lipinski definition) is 4. The van der Waals surface area contributed by atoms with Crippen molar-refractivity contribution >= 4 is 40.2 Å². The quantitative estimate of drug-likeness (QED) is 0.613. The molecule has 3 aromatic rings. The van der Waals surface area contributed by atoms with E-state index >= 15 is 0 Å². The molecule has 1 saturated heterocycles. The molecule has 0 radical (unpaired) electrons. The molecule has 0 N–H and O–H groups in total. The number of fused-ring (bicyclic) bond motifs is 1. The lowest BCUT2D eigenvalue weighted by Crippen LogP contribution is -2.37. The van der Waals surface area contributed by atoms with Gasteiger partial charge in [0.15, 0.2) is 4.90 Å². The second-order valence-electron chi connectivity index (χ2n) is 6.60. The third-order valence-electron chi connectivity index (χ3n) is 4.93. The lowest BCUT2D eigenvalue weighted by atomic mass is 10.1. The summed E-state index contributed by atoms with van der Waals surface area (Å²) in [6.07, 6.45) is 1.78. The molecule has 2 heterocycles. The van der Waals surface area contributed by atoms with E-state index in [1.165, 1.54) is 5.56 Å². The highest BCUT2D eigenvalue weighted by Gasteiger charge is 2.27. The average Bonchev–Trinajstić information content (AvgIpc) is 2.69. The van der Waals surface area contributed by atoms with Crippen LogP contribution in [0, 0.1) is 13.8 Å². The van der Waals surface area contributed by atoms with E-state index in [0.29, 0.717) is 13.2 Å². The van der Waals surface area contributed by atoms with E-state index in [0.717, 1.165) is 45.0 Å². The van der Waals surface area contributed by atoms with Gasteiger partial charge in [-0.3, -0.25) is 4.98 Å². The molecular formula is C21H23ClN2O2S. The van der Waals surface area contributed by atoms with Crippen LogP contribution in [0.5, 0.6) is 0 Å². The normalized spacial score (nSPS) is 15.4. The summed E-state index contributed by atoms with van der Waals surface area (Å²) in [5.41, 5.74) is 4.30. The van der Waals surface area contributed by atoms with Gasteiger partial charge in [0.05, 0.1) is 24.9 Å². The molecule has 142 valence electrons. The third kappa shape index (κ3) is 3.92. The molecule has 0 spiro atoms. The van der Waals surface area contributed by atoms with Crippen LogP contribution in [0.2, 0.25) is 0 Å². The maximum Gasteiger partial charge on any atom is 0.200 e. The maximum atomic E-state index is 13.4. The van der Waals surface area contributed by atoms with Crippen molar-refractivity contribution in [2.24, 2.45) is 0 Å². The summed E-state index contributed by atoms with van der Waals surface area (Å²) in [6, 6.07) is 14.1. The van der Waals surface area contributed by atoms with Gasteiger partial charge >= 0.3 is 0 Å². The van der Waals surface area contributed by atoms with Gasteiger partial charge in [0.1, 0.15) is 5.69 Å². The average molecular weight is 403 g/mol. The number of aryl methyl sites for hydroxylation is 2. The fourth-order valence-corrected chi connectivity index (χ4v) is 4.61. The number of halogens is 1. The van der Waals surface area contributed by atoms with E-state index in [1.54, 1.807) is 6.20 Å². The highest BCUT2D eigenvalue weighted by molar-refractivity contribution is 7.91. The summed E-state index contributed by atoms with van der Waals surface area (Å²) < 4.78 is 18.9. The minimum absolute atomic E-state index is 0. The number of nitrogens with zero attached hydrogens (tertiary/aromatic N) is 2. The molecule has 27 heavy (non-hydrogen) atoms. The molecule has 1 aromatic heterocycles. The summed E-state index contributed by atoms with van der Waals surface area (Å²) in [5.74, 6) is 0. The number of hydrogen-bond donors (Lipinski definition) is 0. The lowest BCUT2D eigenvalue weighted by Gasteiger charge is -2.31. The van der Waals surface area contributed by atoms with Crippen LogP contribution in [0.15, 0.2) is 58.5 Å². The summed E-state index contributed by atoms with van der Waals surface area (Å²) in [7, 11) is 0. The smallest absolute Gasteiger partial charge is 0.200 e. The van der Waals surface area contributed by atoms with Gasteiger partial charge in [-0.1, -0.05) is 24.3 Å². The van der Waals surface area contributed by atoms with Crippen LogP contribution >= 0.6 is 12.4 Å². The van der Waals surface area contributed by atoms with E-state index in [2.05, 4.69) is 29.8 Å². The van der Waals surface area contributed by atoms with Gasteiger partial charge in [0.25, 0.3) is 0 Å². The zero-order valence-corrected chi connectivity index (χ0v) is 17.1. The first kappa shape index (κ1) is 20.0. The molecule has 1 aliphatic rings. The molecule has 1 atom stereocenters. The summed E-state index contributed by atoms with van der Waals surface area (Å²) in [4.78, 5) is 8.44. The molecule has 4 rings (SSSR count). The number of aromatic nitrogens is 1. The molecule has 4 nitrogen and oxygen atoms in total. The second kappa shape index (κ2) is 8.48. The van der Waals surface area contributed by atoms with E-state index in [1.807, 2.05) is 36.4 Å². The first-order chi connectivity index (χ1) is 12.6. The van der Waals surface area contributed by atoms with Gasteiger partial charge in [0.2, 0.25) is 4.90 Å². The van der Waals surface area contributed by atoms with Crippen molar-refractivity contribution in [3.8, 4) is 0 Å². The topological polar surface area (TPSA) is 48.4 Å². The maximum absolute atomic E-state index is 13.4. The van der Waals surface area contributed by atoms with Gasteiger partial charge in [-0.15, -0.1) is 12.4 Å². The van der Waals surface area contributed by atoms with Crippen LogP contribution in [-0.4, -0.2) is 35.8 Å². The van der Waals surface area contributed by atoms with Gasteiger partial charge in [-0.25, -0.2) is 0 Å².